The van der Waals surface area contributed by atoms with Crippen LogP contribution in [0.25, 0.3) is 10.2 Å². The molecule has 1 aromatic carbocycles. The summed E-state index contributed by atoms with van der Waals surface area (Å²) in [5.74, 6) is -0.565. The summed E-state index contributed by atoms with van der Waals surface area (Å²) in [4.78, 5) is 24.3. The topological polar surface area (TPSA) is 102 Å². The number of amides is 1. The Morgan fingerprint density at radius 3 is 2.75 bits per heavy atom. The first kappa shape index (κ1) is 16.9. The van der Waals surface area contributed by atoms with E-state index in [1.165, 1.54) is 17.5 Å². The average Bonchev–Trinajstić information content (AvgIpc) is 2.87. The number of sulfone groups is 1. The van der Waals surface area contributed by atoms with Crippen molar-refractivity contribution in [1.82, 2.24) is 15.0 Å². The van der Waals surface area contributed by atoms with Gasteiger partial charge in [0.1, 0.15) is 5.69 Å². The smallest absolute Gasteiger partial charge is 0.277 e. The Morgan fingerprint density at radius 2 is 2.04 bits per heavy atom. The molecule has 0 fully saturated rings. The molecule has 3 rings (SSSR count). The number of carbonyl (C=O) groups is 1. The zero-order chi connectivity index (χ0) is 17.5. The van der Waals surface area contributed by atoms with Crippen LogP contribution in [0, 0.1) is 6.92 Å². The molecule has 3 aromatic rings. The van der Waals surface area contributed by atoms with Crippen molar-refractivity contribution in [3.05, 3.63) is 40.1 Å². The minimum atomic E-state index is -3.61. The van der Waals surface area contributed by atoms with E-state index >= 15 is 0 Å². The Balaban J connectivity index is 1.94. The number of hydrogen-bond acceptors (Lipinski definition) is 7. The number of benzene rings is 1. The van der Waals surface area contributed by atoms with Gasteiger partial charge in [-0.3, -0.25) is 10.1 Å². The molecular weight excluding hydrogens is 416 g/mol. The van der Waals surface area contributed by atoms with Crippen LogP contribution in [-0.4, -0.2) is 35.5 Å². The summed E-state index contributed by atoms with van der Waals surface area (Å²) < 4.78 is 24.3. The van der Waals surface area contributed by atoms with Gasteiger partial charge in [0.05, 0.1) is 14.7 Å². The van der Waals surface area contributed by atoms with Gasteiger partial charge in [-0.1, -0.05) is 17.4 Å². The van der Waals surface area contributed by atoms with Crippen LogP contribution < -0.4 is 5.32 Å². The van der Waals surface area contributed by atoms with E-state index in [1.54, 1.807) is 0 Å². The predicted molar refractivity (Wildman–Crippen MR) is 95.2 cm³/mol. The van der Waals surface area contributed by atoms with Crippen LogP contribution in [0.5, 0.6) is 0 Å². The van der Waals surface area contributed by atoms with Crippen molar-refractivity contribution >= 4 is 58.4 Å². The largest absolute Gasteiger partial charge is 0.296 e. The number of carbonyl (C=O) groups excluding carboxylic acids is 1. The Bertz CT molecular complexity index is 1060. The fourth-order valence-electron chi connectivity index (χ4n) is 1.93. The van der Waals surface area contributed by atoms with Crippen molar-refractivity contribution in [2.75, 3.05) is 11.6 Å². The monoisotopic (exact) mass is 426 g/mol. The standard InChI is InChI=1S/C14H11BrN4O3S2/c1-7-3-4-9-10(5-7)23-13(17-9)19-12(20)11-8(15)6-16-14(18-11)24(2,21)22/h3-6H,1-2H3,(H,17,19,20). The first-order valence-electron chi connectivity index (χ1n) is 6.65. The van der Waals surface area contributed by atoms with E-state index in [2.05, 4.69) is 36.2 Å². The first-order valence-corrected chi connectivity index (χ1v) is 10.2. The van der Waals surface area contributed by atoms with E-state index in [4.69, 9.17) is 0 Å². The summed E-state index contributed by atoms with van der Waals surface area (Å²) in [6.45, 7) is 1.97. The van der Waals surface area contributed by atoms with Crippen molar-refractivity contribution in [3.63, 3.8) is 0 Å². The quantitative estimate of drug-likeness (QED) is 0.645. The molecule has 0 aliphatic rings. The SMILES string of the molecule is Cc1ccc2nc(NC(=O)c3nc(S(C)(=O)=O)ncc3Br)sc2c1. The second-order valence-corrected chi connectivity index (χ2v) is 8.86. The van der Waals surface area contributed by atoms with Gasteiger partial charge in [0.2, 0.25) is 15.0 Å². The maximum absolute atomic E-state index is 12.4. The molecule has 0 saturated carbocycles. The number of aromatic nitrogens is 3. The summed E-state index contributed by atoms with van der Waals surface area (Å²) in [7, 11) is -3.61. The maximum atomic E-state index is 12.4. The van der Waals surface area contributed by atoms with E-state index in [-0.39, 0.29) is 5.69 Å². The van der Waals surface area contributed by atoms with Crippen molar-refractivity contribution in [3.8, 4) is 0 Å². The Hall–Kier alpha value is -1.91. The highest BCUT2D eigenvalue weighted by molar-refractivity contribution is 9.10. The van der Waals surface area contributed by atoms with Crippen LogP contribution in [-0.2, 0) is 9.84 Å². The normalized spacial score (nSPS) is 11.6. The lowest BCUT2D eigenvalue weighted by atomic mass is 10.2. The molecule has 2 aromatic heterocycles. The highest BCUT2D eigenvalue weighted by Crippen LogP contribution is 2.27. The molecule has 24 heavy (non-hydrogen) atoms. The number of thiazole rings is 1. The number of anilines is 1. The molecule has 0 aliphatic heterocycles. The zero-order valence-corrected chi connectivity index (χ0v) is 15.8. The number of nitrogens with one attached hydrogen (secondary N) is 1. The van der Waals surface area contributed by atoms with Crippen molar-refractivity contribution in [2.45, 2.75) is 12.1 Å². The van der Waals surface area contributed by atoms with E-state index in [0.717, 1.165) is 22.0 Å². The molecule has 10 heteroatoms. The molecular formula is C14H11BrN4O3S2. The molecule has 0 aliphatic carbocycles. The molecule has 1 amide bonds. The number of hydrogen-bond donors (Lipinski definition) is 1. The van der Waals surface area contributed by atoms with Gasteiger partial charge in [-0.25, -0.2) is 23.4 Å². The minimum absolute atomic E-state index is 0.0686. The van der Waals surface area contributed by atoms with Crippen molar-refractivity contribution in [1.29, 1.82) is 0 Å². The van der Waals surface area contributed by atoms with E-state index < -0.39 is 20.9 Å². The van der Waals surface area contributed by atoms with Gasteiger partial charge in [-0.05, 0) is 40.5 Å². The minimum Gasteiger partial charge on any atom is -0.296 e. The van der Waals surface area contributed by atoms with E-state index in [9.17, 15) is 13.2 Å². The van der Waals surface area contributed by atoms with Crippen LogP contribution in [0.3, 0.4) is 0 Å². The highest BCUT2D eigenvalue weighted by atomic mass is 79.9. The Morgan fingerprint density at radius 1 is 1.29 bits per heavy atom. The second-order valence-electron chi connectivity index (χ2n) is 5.07. The lowest BCUT2D eigenvalue weighted by Crippen LogP contribution is -2.17. The summed E-state index contributed by atoms with van der Waals surface area (Å²) in [5.41, 5.74) is 1.81. The third-order valence-electron chi connectivity index (χ3n) is 3.03. The lowest BCUT2D eigenvalue weighted by molar-refractivity contribution is 0.102. The molecule has 0 unspecified atom stereocenters. The molecule has 1 N–H and O–H groups in total. The second kappa shape index (κ2) is 6.19. The van der Waals surface area contributed by atoms with Gasteiger partial charge in [-0.15, -0.1) is 0 Å². The molecule has 2 heterocycles. The van der Waals surface area contributed by atoms with Gasteiger partial charge in [0.15, 0.2) is 5.13 Å². The van der Waals surface area contributed by atoms with Gasteiger partial charge >= 0.3 is 0 Å². The Kier molecular flexibility index (Phi) is 4.37. The maximum Gasteiger partial charge on any atom is 0.277 e. The van der Waals surface area contributed by atoms with Crippen LogP contribution in [0.1, 0.15) is 16.1 Å². The van der Waals surface area contributed by atoms with Gasteiger partial charge in [0, 0.05) is 12.5 Å². The van der Waals surface area contributed by atoms with Gasteiger partial charge in [0.25, 0.3) is 5.91 Å². The number of fused-ring (bicyclic) bond motifs is 1. The van der Waals surface area contributed by atoms with Crippen LogP contribution >= 0.6 is 27.3 Å². The molecule has 0 radical (unpaired) electrons. The number of aryl methyl sites for hydroxylation is 1. The average molecular weight is 427 g/mol. The number of halogens is 1. The third kappa shape index (κ3) is 3.45. The molecule has 0 atom stereocenters. The Labute approximate surface area is 150 Å². The fraction of sp³-hybridized carbons (Fsp3) is 0.143. The van der Waals surface area contributed by atoms with E-state index in [1.807, 2.05) is 25.1 Å². The third-order valence-corrected chi connectivity index (χ3v) is 5.41. The van der Waals surface area contributed by atoms with Crippen molar-refractivity contribution < 1.29 is 13.2 Å². The summed E-state index contributed by atoms with van der Waals surface area (Å²) in [6, 6.07) is 5.79. The van der Waals surface area contributed by atoms with Crippen LogP contribution in [0.15, 0.2) is 34.0 Å². The summed E-state index contributed by atoms with van der Waals surface area (Å²) in [6.07, 6.45) is 2.22. The summed E-state index contributed by atoms with van der Waals surface area (Å²) in [5, 5.41) is 2.64. The molecule has 124 valence electrons. The van der Waals surface area contributed by atoms with Crippen LogP contribution in [0.4, 0.5) is 5.13 Å². The molecule has 0 bridgehead atoms. The molecule has 0 spiro atoms. The predicted octanol–water partition coefficient (Wildman–Crippen LogP) is 2.81. The number of rotatable bonds is 3. The van der Waals surface area contributed by atoms with Gasteiger partial charge < -0.3 is 0 Å². The fourth-order valence-corrected chi connectivity index (χ4v) is 3.76. The molecule has 7 nitrogen and oxygen atoms in total. The van der Waals surface area contributed by atoms with Crippen molar-refractivity contribution in [2.24, 2.45) is 0 Å². The highest BCUT2D eigenvalue weighted by Gasteiger charge is 2.19. The first-order chi connectivity index (χ1) is 11.2. The lowest BCUT2D eigenvalue weighted by Gasteiger charge is -2.04. The summed E-state index contributed by atoms with van der Waals surface area (Å²) >= 11 is 4.49. The van der Waals surface area contributed by atoms with E-state index in [0.29, 0.717) is 9.60 Å². The molecule has 0 saturated heterocycles. The number of nitrogens with zero attached hydrogens (tertiary/aromatic N) is 3. The van der Waals surface area contributed by atoms with Gasteiger partial charge in [-0.2, -0.15) is 0 Å². The zero-order valence-electron chi connectivity index (χ0n) is 12.6. The van der Waals surface area contributed by atoms with Crippen LogP contribution in [0.2, 0.25) is 0 Å².